The van der Waals surface area contributed by atoms with E-state index >= 15 is 0 Å². The fourth-order valence-electron chi connectivity index (χ4n) is 1.86. The van der Waals surface area contributed by atoms with Gasteiger partial charge in [0.25, 0.3) is 10.0 Å². The van der Waals surface area contributed by atoms with Crippen LogP contribution in [-0.2, 0) is 10.0 Å². The molecule has 1 aromatic heterocycles. The highest BCUT2D eigenvalue weighted by Crippen LogP contribution is 2.23. The molecule has 20 heavy (non-hydrogen) atoms. The molecule has 0 atom stereocenters. The Morgan fingerprint density at radius 1 is 1.30 bits per heavy atom. The molecule has 2 rings (SSSR count). The molecule has 0 saturated carbocycles. The van der Waals surface area contributed by atoms with Crippen molar-refractivity contribution in [3.05, 3.63) is 40.5 Å². The predicted octanol–water partition coefficient (Wildman–Crippen LogP) is 3.34. The van der Waals surface area contributed by atoms with Crippen molar-refractivity contribution in [3.63, 3.8) is 0 Å². The Labute approximate surface area is 127 Å². The standard InChI is InChI=1S/C13H16BrN3O2S/c1-9(2)17-13(6-7-15-17)16-20(18,19)12-8-11(14)5-4-10(12)3/h4-9,16H,1-3H3. The van der Waals surface area contributed by atoms with Gasteiger partial charge in [-0.3, -0.25) is 4.72 Å². The van der Waals surface area contributed by atoms with E-state index in [9.17, 15) is 8.42 Å². The lowest BCUT2D eigenvalue weighted by atomic mass is 10.2. The van der Waals surface area contributed by atoms with Gasteiger partial charge in [0.05, 0.1) is 11.1 Å². The van der Waals surface area contributed by atoms with Crippen LogP contribution >= 0.6 is 15.9 Å². The van der Waals surface area contributed by atoms with Crippen molar-refractivity contribution in [3.8, 4) is 0 Å². The number of rotatable bonds is 4. The molecule has 1 N–H and O–H groups in total. The molecule has 5 nitrogen and oxygen atoms in total. The van der Waals surface area contributed by atoms with Crippen molar-refractivity contribution in [2.24, 2.45) is 0 Å². The maximum Gasteiger partial charge on any atom is 0.263 e. The number of aryl methyl sites for hydroxylation is 1. The maximum absolute atomic E-state index is 12.5. The SMILES string of the molecule is Cc1ccc(Br)cc1S(=O)(=O)Nc1ccnn1C(C)C. The number of nitrogens with one attached hydrogen (secondary N) is 1. The van der Waals surface area contributed by atoms with E-state index in [-0.39, 0.29) is 10.9 Å². The minimum atomic E-state index is -3.63. The van der Waals surface area contributed by atoms with Crippen molar-refractivity contribution >= 4 is 31.8 Å². The van der Waals surface area contributed by atoms with Crippen LogP contribution in [0.1, 0.15) is 25.5 Å². The lowest BCUT2D eigenvalue weighted by Gasteiger charge is -2.14. The molecule has 108 valence electrons. The topological polar surface area (TPSA) is 64.0 Å². The Balaban J connectivity index is 2.41. The lowest BCUT2D eigenvalue weighted by molar-refractivity contribution is 0.539. The summed E-state index contributed by atoms with van der Waals surface area (Å²) in [6.07, 6.45) is 1.58. The molecular formula is C13H16BrN3O2S. The minimum absolute atomic E-state index is 0.0753. The Hall–Kier alpha value is -1.34. The van der Waals surface area contributed by atoms with E-state index in [2.05, 4.69) is 25.8 Å². The Morgan fingerprint density at radius 2 is 2.00 bits per heavy atom. The van der Waals surface area contributed by atoms with E-state index < -0.39 is 10.0 Å². The van der Waals surface area contributed by atoms with Gasteiger partial charge in [0.15, 0.2) is 0 Å². The molecule has 0 aliphatic rings. The first-order chi connectivity index (χ1) is 9.31. The zero-order valence-electron chi connectivity index (χ0n) is 11.5. The number of benzene rings is 1. The molecule has 0 spiro atoms. The molecule has 0 unspecified atom stereocenters. The number of halogens is 1. The van der Waals surface area contributed by atoms with Crippen molar-refractivity contribution in [1.82, 2.24) is 9.78 Å². The lowest BCUT2D eigenvalue weighted by Crippen LogP contribution is -2.18. The van der Waals surface area contributed by atoms with E-state index in [0.29, 0.717) is 11.4 Å². The minimum Gasteiger partial charge on any atom is -0.264 e. The smallest absolute Gasteiger partial charge is 0.263 e. The van der Waals surface area contributed by atoms with Gasteiger partial charge in [0.1, 0.15) is 5.82 Å². The van der Waals surface area contributed by atoms with Crippen molar-refractivity contribution < 1.29 is 8.42 Å². The number of nitrogens with zero attached hydrogens (tertiary/aromatic N) is 2. The van der Waals surface area contributed by atoms with Crippen LogP contribution in [0.15, 0.2) is 39.8 Å². The second-order valence-corrected chi connectivity index (χ2v) is 7.34. The first kappa shape index (κ1) is 15.1. The van der Waals surface area contributed by atoms with Gasteiger partial charge in [-0.25, -0.2) is 13.1 Å². The summed E-state index contributed by atoms with van der Waals surface area (Å²) in [6.45, 7) is 5.64. The normalized spacial score (nSPS) is 11.8. The molecule has 0 amide bonds. The van der Waals surface area contributed by atoms with E-state index in [0.717, 1.165) is 4.47 Å². The number of sulfonamides is 1. The highest BCUT2D eigenvalue weighted by molar-refractivity contribution is 9.10. The van der Waals surface area contributed by atoms with Crippen LogP contribution in [0.5, 0.6) is 0 Å². The summed E-state index contributed by atoms with van der Waals surface area (Å²) < 4.78 is 29.9. The fourth-order valence-corrected chi connectivity index (χ4v) is 3.70. The van der Waals surface area contributed by atoms with Crippen LogP contribution in [-0.4, -0.2) is 18.2 Å². The number of aromatic nitrogens is 2. The highest BCUT2D eigenvalue weighted by atomic mass is 79.9. The zero-order chi connectivity index (χ0) is 14.9. The largest absolute Gasteiger partial charge is 0.264 e. The average molecular weight is 358 g/mol. The van der Waals surface area contributed by atoms with Crippen molar-refractivity contribution in [1.29, 1.82) is 0 Å². The van der Waals surface area contributed by atoms with Crippen LogP contribution in [0.25, 0.3) is 0 Å². The maximum atomic E-state index is 12.5. The first-order valence-corrected chi connectivity index (χ1v) is 8.41. The third kappa shape index (κ3) is 3.04. The van der Waals surface area contributed by atoms with Crippen LogP contribution in [0.3, 0.4) is 0 Å². The molecular weight excluding hydrogens is 342 g/mol. The van der Waals surface area contributed by atoms with Gasteiger partial charge in [-0.2, -0.15) is 5.10 Å². The van der Waals surface area contributed by atoms with Gasteiger partial charge in [-0.15, -0.1) is 0 Å². The molecule has 0 radical (unpaired) electrons. The highest BCUT2D eigenvalue weighted by Gasteiger charge is 2.19. The summed E-state index contributed by atoms with van der Waals surface area (Å²) in [4.78, 5) is 0.253. The molecule has 1 aromatic carbocycles. The van der Waals surface area contributed by atoms with Gasteiger partial charge in [0.2, 0.25) is 0 Å². The second-order valence-electron chi connectivity index (χ2n) is 4.77. The van der Waals surface area contributed by atoms with Crippen LogP contribution in [0.2, 0.25) is 0 Å². The number of hydrogen-bond donors (Lipinski definition) is 1. The summed E-state index contributed by atoms with van der Waals surface area (Å²) in [6, 6.07) is 6.88. The predicted molar refractivity (Wildman–Crippen MR) is 82.3 cm³/mol. The van der Waals surface area contributed by atoms with Gasteiger partial charge in [0, 0.05) is 16.6 Å². The zero-order valence-corrected chi connectivity index (χ0v) is 13.9. The van der Waals surface area contributed by atoms with Crippen LogP contribution in [0, 0.1) is 6.92 Å². The molecule has 0 saturated heterocycles. The molecule has 0 bridgehead atoms. The van der Waals surface area contributed by atoms with Crippen molar-refractivity contribution in [2.75, 3.05) is 4.72 Å². The fraction of sp³-hybridized carbons (Fsp3) is 0.308. The Kier molecular flexibility index (Phi) is 4.19. The number of hydrogen-bond acceptors (Lipinski definition) is 3. The quantitative estimate of drug-likeness (QED) is 0.912. The summed E-state index contributed by atoms with van der Waals surface area (Å²) in [5.74, 6) is 0.458. The summed E-state index contributed by atoms with van der Waals surface area (Å²) in [5, 5.41) is 4.11. The van der Waals surface area contributed by atoms with Crippen LogP contribution in [0.4, 0.5) is 5.82 Å². The second kappa shape index (κ2) is 5.57. The van der Waals surface area contributed by atoms with Gasteiger partial charge in [-0.1, -0.05) is 22.0 Å². The Morgan fingerprint density at radius 3 is 2.65 bits per heavy atom. The summed E-state index contributed by atoms with van der Waals surface area (Å²) >= 11 is 3.29. The third-order valence-electron chi connectivity index (χ3n) is 2.84. The van der Waals surface area contributed by atoms with Gasteiger partial charge in [-0.05, 0) is 38.5 Å². The van der Waals surface area contributed by atoms with E-state index in [4.69, 9.17) is 0 Å². The average Bonchev–Trinajstić information content (AvgIpc) is 2.79. The summed E-state index contributed by atoms with van der Waals surface area (Å²) in [5.41, 5.74) is 0.691. The number of anilines is 1. The molecule has 7 heteroatoms. The molecule has 1 heterocycles. The van der Waals surface area contributed by atoms with E-state index in [1.165, 1.54) is 0 Å². The first-order valence-electron chi connectivity index (χ1n) is 6.14. The van der Waals surface area contributed by atoms with Gasteiger partial charge < -0.3 is 0 Å². The Bertz CT molecular complexity index is 723. The van der Waals surface area contributed by atoms with E-state index in [1.807, 2.05) is 19.9 Å². The van der Waals surface area contributed by atoms with Gasteiger partial charge >= 0.3 is 0 Å². The molecule has 2 aromatic rings. The molecule has 0 fully saturated rings. The molecule has 0 aliphatic heterocycles. The monoisotopic (exact) mass is 357 g/mol. The van der Waals surface area contributed by atoms with Crippen LogP contribution < -0.4 is 4.72 Å². The van der Waals surface area contributed by atoms with E-state index in [1.54, 1.807) is 36.0 Å². The molecule has 0 aliphatic carbocycles. The van der Waals surface area contributed by atoms with Crippen molar-refractivity contribution in [2.45, 2.75) is 31.7 Å². The summed E-state index contributed by atoms with van der Waals surface area (Å²) in [7, 11) is -3.63. The third-order valence-corrected chi connectivity index (χ3v) is 4.83.